The van der Waals surface area contributed by atoms with Gasteiger partial charge in [0.25, 0.3) is 0 Å². The zero-order valence-corrected chi connectivity index (χ0v) is 9.94. The summed E-state index contributed by atoms with van der Waals surface area (Å²) in [6.07, 6.45) is 1.11. The number of aliphatic hydroxyl groups is 1. The Kier molecular flexibility index (Phi) is 5.05. The lowest BCUT2D eigenvalue weighted by Crippen LogP contribution is -2.22. The van der Waals surface area contributed by atoms with E-state index in [0.717, 1.165) is 6.20 Å². The monoisotopic (exact) mass is 243 g/mol. The van der Waals surface area contributed by atoms with Crippen LogP contribution in [0.2, 0.25) is 0 Å². The van der Waals surface area contributed by atoms with E-state index in [0.29, 0.717) is 12.3 Å². The van der Waals surface area contributed by atoms with Gasteiger partial charge in [0.1, 0.15) is 0 Å². The molecule has 6 nitrogen and oxygen atoms in total. The number of anilines is 2. The third kappa shape index (κ3) is 4.49. The van der Waals surface area contributed by atoms with Crippen LogP contribution in [0.5, 0.6) is 0 Å². The molecule has 7 heteroatoms. The molecular weight excluding hydrogens is 225 g/mol. The summed E-state index contributed by atoms with van der Waals surface area (Å²) < 4.78 is 13.3. The maximum atomic E-state index is 13.3. The Balaban J connectivity index is 2.56. The van der Waals surface area contributed by atoms with Crippen molar-refractivity contribution >= 4 is 11.8 Å². The van der Waals surface area contributed by atoms with Gasteiger partial charge in [-0.25, -0.2) is 15.2 Å². The molecule has 0 saturated heterocycles. The van der Waals surface area contributed by atoms with E-state index >= 15 is 0 Å². The molecule has 1 aromatic rings. The molecule has 1 rings (SSSR count). The van der Waals surface area contributed by atoms with Crippen LogP contribution in [-0.2, 0) is 0 Å². The zero-order chi connectivity index (χ0) is 12.8. The molecule has 0 radical (unpaired) electrons. The van der Waals surface area contributed by atoms with Gasteiger partial charge in [0.15, 0.2) is 11.6 Å². The predicted molar refractivity (Wildman–Crippen MR) is 63.8 cm³/mol. The molecule has 5 N–H and O–H groups in total. The van der Waals surface area contributed by atoms with Gasteiger partial charge in [0.2, 0.25) is 5.95 Å². The Morgan fingerprint density at radius 2 is 2.24 bits per heavy atom. The van der Waals surface area contributed by atoms with Crippen LogP contribution in [-0.4, -0.2) is 27.7 Å². The standard InChI is InChI=1S/C10H18FN5O/c1-6(2)3-7(17)4-13-9-8(11)5-14-10(15-9)16-12/h5-7,17H,3-4,12H2,1-2H3,(H2,13,14,15,16). The van der Waals surface area contributed by atoms with Crippen molar-refractivity contribution < 1.29 is 9.50 Å². The van der Waals surface area contributed by atoms with E-state index in [2.05, 4.69) is 20.7 Å². The van der Waals surface area contributed by atoms with Crippen molar-refractivity contribution in [2.45, 2.75) is 26.4 Å². The van der Waals surface area contributed by atoms with E-state index < -0.39 is 11.9 Å². The molecule has 0 amide bonds. The van der Waals surface area contributed by atoms with Crippen LogP contribution in [0.3, 0.4) is 0 Å². The second-order valence-corrected chi connectivity index (χ2v) is 4.20. The third-order valence-corrected chi connectivity index (χ3v) is 2.12. The summed E-state index contributed by atoms with van der Waals surface area (Å²) >= 11 is 0. The van der Waals surface area contributed by atoms with Crippen LogP contribution >= 0.6 is 0 Å². The molecule has 1 heterocycles. The number of halogens is 1. The lowest BCUT2D eigenvalue weighted by molar-refractivity contribution is 0.161. The Bertz CT molecular complexity index is 361. The van der Waals surface area contributed by atoms with E-state index in [1.54, 1.807) is 0 Å². The number of rotatable bonds is 6. The van der Waals surface area contributed by atoms with Gasteiger partial charge in [0.05, 0.1) is 12.3 Å². The van der Waals surface area contributed by atoms with Crippen LogP contribution in [0.15, 0.2) is 6.20 Å². The number of nitrogens with one attached hydrogen (secondary N) is 2. The minimum atomic E-state index is -0.583. The number of nitrogen functional groups attached to an aromatic ring is 1. The second-order valence-electron chi connectivity index (χ2n) is 4.20. The number of hydrogen-bond donors (Lipinski definition) is 4. The molecule has 0 aromatic carbocycles. The topological polar surface area (TPSA) is 96.1 Å². The highest BCUT2D eigenvalue weighted by molar-refractivity contribution is 5.40. The first-order chi connectivity index (χ1) is 8.02. The lowest BCUT2D eigenvalue weighted by atomic mass is 10.1. The van der Waals surface area contributed by atoms with Gasteiger partial charge in [0, 0.05) is 6.54 Å². The van der Waals surface area contributed by atoms with Crippen molar-refractivity contribution in [1.82, 2.24) is 9.97 Å². The van der Waals surface area contributed by atoms with Crippen molar-refractivity contribution in [3.05, 3.63) is 12.0 Å². The number of hydrazine groups is 1. The van der Waals surface area contributed by atoms with Gasteiger partial charge in [-0.05, 0) is 12.3 Å². The number of nitrogens with two attached hydrogens (primary N) is 1. The van der Waals surface area contributed by atoms with Gasteiger partial charge in [-0.3, -0.25) is 5.43 Å². The summed E-state index contributed by atoms with van der Waals surface area (Å²) in [4.78, 5) is 7.41. The molecule has 96 valence electrons. The first-order valence-electron chi connectivity index (χ1n) is 5.44. The highest BCUT2D eigenvalue weighted by Crippen LogP contribution is 2.12. The molecule has 0 spiro atoms. The SMILES string of the molecule is CC(C)CC(O)CNc1nc(NN)ncc1F. The molecule has 0 aliphatic heterocycles. The number of aromatic nitrogens is 2. The van der Waals surface area contributed by atoms with E-state index in [1.165, 1.54) is 0 Å². The van der Waals surface area contributed by atoms with E-state index in [1.807, 2.05) is 13.8 Å². The molecule has 1 aromatic heterocycles. The van der Waals surface area contributed by atoms with Crippen LogP contribution in [0, 0.1) is 11.7 Å². The molecular formula is C10H18FN5O. The second kappa shape index (κ2) is 6.31. The third-order valence-electron chi connectivity index (χ3n) is 2.12. The van der Waals surface area contributed by atoms with E-state index in [9.17, 15) is 9.50 Å². The minimum absolute atomic E-state index is 0.0238. The van der Waals surface area contributed by atoms with Crippen LogP contribution in [0.1, 0.15) is 20.3 Å². The van der Waals surface area contributed by atoms with Crippen LogP contribution in [0.25, 0.3) is 0 Å². The van der Waals surface area contributed by atoms with Gasteiger partial charge in [-0.1, -0.05) is 13.8 Å². The fourth-order valence-corrected chi connectivity index (χ4v) is 1.40. The van der Waals surface area contributed by atoms with Crippen LogP contribution < -0.4 is 16.6 Å². The molecule has 0 saturated carbocycles. The predicted octanol–water partition coefficient (Wildman–Crippen LogP) is 0.720. The Morgan fingerprint density at radius 1 is 1.53 bits per heavy atom. The molecule has 0 bridgehead atoms. The Morgan fingerprint density at radius 3 is 2.82 bits per heavy atom. The summed E-state index contributed by atoms with van der Waals surface area (Å²) in [7, 11) is 0. The smallest absolute Gasteiger partial charge is 0.239 e. The summed E-state index contributed by atoms with van der Waals surface area (Å²) in [5.41, 5.74) is 2.22. The molecule has 1 atom stereocenters. The first-order valence-corrected chi connectivity index (χ1v) is 5.44. The van der Waals surface area contributed by atoms with E-state index in [4.69, 9.17) is 5.84 Å². The Labute approximate surface area is 99.4 Å². The average Bonchev–Trinajstić information content (AvgIpc) is 2.27. The highest BCUT2D eigenvalue weighted by atomic mass is 19.1. The zero-order valence-electron chi connectivity index (χ0n) is 9.94. The Hall–Kier alpha value is -1.47. The highest BCUT2D eigenvalue weighted by Gasteiger charge is 2.10. The maximum absolute atomic E-state index is 13.3. The van der Waals surface area contributed by atoms with Gasteiger partial charge in [-0.15, -0.1) is 0 Å². The summed E-state index contributed by atoms with van der Waals surface area (Å²) in [6, 6.07) is 0. The molecule has 1 unspecified atom stereocenters. The summed E-state index contributed by atoms with van der Waals surface area (Å²) in [5, 5.41) is 12.4. The number of nitrogens with zero attached hydrogens (tertiary/aromatic N) is 2. The fourth-order valence-electron chi connectivity index (χ4n) is 1.40. The quantitative estimate of drug-likeness (QED) is 0.434. The van der Waals surface area contributed by atoms with Crippen molar-refractivity contribution in [1.29, 1.82) is 0 Å². The summed E-state index contributed by atoms with van der Waals surface area (Å²) in [5.74, 6) is 5.05. The van der Waals surface area contributed by atoms with Gasteiger partial charge in [-0.2, -0.15) is 4.98 Å². The van der Waals surface area contributed by atoms with Crippen molar-refractivity contribution in [3.63, 3.8) is 0 Å². The molecule has 0 aliphatic rings. The molecule has 0 aliphatic carbocycles. The molecule has 0 fully saturated rings. The number of aliphatic hydroxyl groups excluding tert-OH is 1. The fraction of sp³-hybridized carbons (Fsp3) is 0.600. The lowest BCUT2D eigenvalue weighted by Gasteiger charge is -2.14. The van der Waals surface area contributed by atoms with E-state index in [-0.39, 0.29) is 18.3 Å². The van der Waals surface area contributed by atoms with Crippen molar-refractivity contribution in [3.8, 4) is 0 Å². The normalized spacial score (nSPS) is 12.6. The largest absolute Gasteiger partial charge is 0.391 e. The van der Waals surface area contributed by atoms with Gasteiger partial charge < -0.3 is 10.4 Å². The minimum Gasteiger partial charge on any atom is -0.391 e. The van der Waals surface area contributed by atoms with Crippen molar-refractivity contribution in [2.24, 2.45) is 11.8 Å². The average molecular weight is 243 g/mol. The van der Waals surface area contributed by atoms with Crippen LogP contribution in [0.4, 0.5) is 16.2 Å². The first kappa shape index (κ1) is 13.6. The maximum Gasteiger partial charge on any atom is 0.239 e. The van der Waals surface area contributed by atoms with Gasteiger partial charge >= 0.3 is 0 Å². The van der Waals surface area contributed by atoms with Crippen molar-refractivity contribution in [2.75, 3.05) is 17.3 Å². The summed E-state index contributed by atoms with van der Waals surface area (Å²) in [6.45, 7) is 4.24. The molecule has 17 heavy (non-hydrogen) atoms. The number of hydrogen-bond acceptors (Lipinski definition) is 6.